The number of nitrogens with two attached hydrogens (primary N) is 1. The molecular weight excluding hydrogens is 104 g/mol. The maximum Gasteiger partial charge on any atom is 0.249 e. The Hall–Kier alpha value is -1.25. The van der Waals surface area contributed by atoms with Gasteiger partial charge in [0.2, 0.25) is 5.91 Å². The molecule has 0 unspecified atom stereocenters. The first-order chi connectivity index (χ1) is 3.81. The molecule has 3 nitrogen and oxygen atoms in total. The third-order valence-electron chi connectivity index (χ3n) is 0.492. The molecule has 0 spiro atoms. The Bertz CT molecular complexity index is 118. The number of rotatable bonds is 2. The van der Waals surface area contributed by atoms with Crippen LogP contribution in [-0.2, 0) is 4.79 Å². The number of carbonyl (C=O) groups is 1. The van der Waals surface area contributed by atoms with Crippen LogP contribution >= 0.6 is 0 Å². The van der Waals surface area contributed by atoms with Gasteiger partial charge in [0, 0.05) is 6.08 Å². The SMILES string of the molecule is C=CNC(=O)/C=C/N. The van der Waals surface area contributed by atoms with Gasteiger partial charge in [-0.15, -0.1) is 0 Å². The van der Waals surface area contributed by atoms with E-state index in [9.17, 15) is 4.79 Å². The smallest absolute Gasteiger partial charge is 0.249 e. The number of carbonyl (C=O) groups excluding carboxylic acids is 1. The molecule has 1 amide bonds. The van der Waals surface area contributed by atoms with Crippen molar-refractivity contribution < 1.29 is 4.79 Å². The molecule has 0 aliphatic heterocycles. The van der Waals surface area contributed by atoms with Crippen molar-refractivity contribution in [2.75, 3.05) is 0 Å². The van der Waals surface area contributed by atoms with Crippen LogP contribution in [0.4, 0.5) is 0 Å². The van der Waals surface area contributed by atoms with Gasteiger partial charge in [-0.05, 0) is 12.4 Å². The van der Waals surface area contributed by atoms with Crippen LogP contribution in [0.15, 0.2) is 25.1 Å². The van der Waals surface area contributed by atoms with E-state index in [2.05, 4.69) is 11.9 Å². The number of hydrogen-bond donors (Lipinski definition) is 2. The van der Waals surface area contributed by atoms with Gasteiger partial charge in [0.25, 0.3) is 0 Å². The molecule has 44 valence electrons. The Morgan fingerprint density at radius 3 is 2.75 bits per heavy atom. The standard InChI is InChI=1S/C5H8N2O/c1-2-7-5(8)3-4-6/h2-4H,1,6H2,(H,7,8)/b4-3+. The molecule has 0 bridgehead atoms. The van der Waals surface area contributed by atoms with Crippen molar-refractivity contribution in [2.45, 2.75) is 0 Å². The molecule has 0 radical (unpaired) electrons. The highest BCUT2D eigenvalue weighted by Gasteiger charge is 1.83. The summed E-state index contributed by atoms with van der Waals surface area (Å²) in [5.74, 6) is -0.262. The van der Waals surface area contributed by atoms with Gasteiger partial charge in [-0.2, -0.15) is 0 Å². The molecule has 0 aliphatic rings. The second-order valence-electron chi connectivity index (χ2n) is 1.07. The summed E-state index contributed by atoms with van der Waals surface area (Å²) in [7, 11) is 0. The van der Waals surface area contributed by atoms with E-state index in [-0.39, 0.29) is 5.91 Å². The quantitative estimate of drug-likeness (QED) is 0.482. The van der Waals surface area contributed by atoms with Crippen molar-refractivity contribution in [3.05, 3.63) is 25.1 Å². The minimum Gasteiger partial charge on any atom is -0.404 e. The first-order valence-electron chi connectivity index (χ1n) is 2.11. The van der Waals surface area contributed by atoms with Crippen LogP contribution in [0.1, 0.15) is 0 Å². The Labute approximate surface area is 47.9 Å². The summed E-state index contributed by atoms with van der Waals surface area (Å²) in [5, 5.41) is 2.30. The maximum absolute atomic E-state index is 10.3. The summed E-state index contributed by atoms with van der Waals surface area (Å²) in [4.78, 5) is 10.3. The Kier molecular flexibility index (Phi) is 3.31. The molecule has 0 atom stereocenters. The van der Waals surface area contributed by atoms with E-state index < -0.39 is 0 Å². The van der Waals surface area contributed by atoms with E-state index in [0.717, 1.165) is 0 Å². The molecule has 8 heavy (non-hydrogen) atoms. The summed E-state index contributed by atoms with van der Waals surface area (Å²) in [6.07, 6.45) is 3.67. The van der Waals surface area contributed by atoms with Crippen molar-refractivity contribution in [1.29, 1.82) is 0 Å². The third-order valence-corrected chi connectivity index (χ3v) is 0.492. The predicted molar refractivity (Wildman–Crippen MR) is 31.7 cm³/mol. The Balaban J connectivity index is 3.48. The molecular formula is C5H8N2O. The molecule has 0 aromatic carbocycles. The minimum absolute atomic E-state index is 0.262. The Morgan fingerprint density at radius 2 is 2.38 bits per heavy atom. The van der Waals surface area contributed by atoms with Crippen LogP contribution in [0.25, 0.3) is 0 Å². The first-order valence-corrected chi connectivity index (χ1v) is 2.11. The second kappa shape index (κ2) is 3.92. The topological polar surface area (TPSA) is 55.1 Å². The second-order valence-corrected chi connectivity index (χ2v) is 1.07. The first kappa shape index (κ1) is 6.75. The lowest BCUT2D eigenvalue weighted by Gasteiger charge is -1.86. The van der Waals surface area contributed by atoms with Gasteiger partial charge in [-0.3, -0.25) is 4.79 Å². The molecule has 0 aromatic heterocycles. The van der Waals surface area contributed by atoms with E-state index >= 15 is 0 Å². The highest BCUT2D eigenvalue weighted by atomic mass is 16.1. The van der Waals surface area contributed by atoms with Gasteiger partial charge in [0.15, 0.2) is 0 Å². The molecule has 0 saturated heterocycles. The van der Waals surface area contributed by atoms with Gasteiger partial charge in [0.1, 0.15) is 0 Å². The average Bonchev–Trinajstić information content (AvgIpc) is 1.68. The summed E-state index contributed by atoms with van der Waals surface area (Å²) in [5.41, 5.74) is 4.88. The van der Waals surface area contributed by atoms with Gasteiger partial charge in [-0.25, -0.2) is 0 Å². The van der Waals surface area contributed by atoms with Crippen LogP contribution in [0.5, 0.6) is 0 Å². The van der Waals surface area contributed by atoms with Crippen molar-refractivity contribution in [1.82, 2.24) is 5.32 Å². The fourth-order valence-corrected chi connectivity index (χ4v) is 0.236. The fraction of sp³-hybridized carbons (Fsp3) is 0. The lowest BCUT2D eigenvalue weighted by Crippen LogP contribution is -2.13. The van der Waals surface area contributed by atoms with Gasteiger partial charge in [-0.1, -0.05) is 6.58 Å². The van der Waals surface area contributed by atoms with E-state index in [0.29, 0.717) is 0 Å². The van der Waals surface area contributed by atoms with E-state index in [4.69, 9.17) is 5.73 Å². The lowest BCUT2D eigenvalue weighted by molar-refractivity contribution is -0.115. The Morgan fingerprint density at radius 1 is 1.75 bits per heavy atom. The molecule has 0 fully saturated rings. The van der Waals surface area contributed by atoms with Gasteiger partial charge in [0.05, 0.1) is 0 Å². The van der Waals surface area contributed by atoms with Gasteiger partial charge >= 0.3 is 0 Å². The van der Waals surface area contributed by atoms with Crippen LogP contribution in [0.2, 0.25) is 0 Å². The van der Waals surface area contributed by atoms with Crippen LogP contribution in [-0.4, -0.2) is 5.91 Å². The fourth-order valence-electron chi connectivity index (χ4n) is 0.236. The zero-order valence-electron chi connectivity index (χ0n) is 4.42. The zero-order valence-corrected chi connectivity index (χ0v) is 4.42. The van der Waals surface area contributed by atoms with Crippen molar-refractivity contribution in [2.24, 2.45) is 5.73 Å². The van der Waals surface area contributed by atoms with Crippen molar-refractivity contribution in [3.8, 4) is 0 Å². The lowest BCUT2D eigenvalue weighted by atomic mass is 10.6. The largest absolute Gasteiger partial charge is 0.404 e. The van der Waals surface area contributed by atoms with Crippen LogP contribution in [0.3, 0.4) is 0 Å². The van der Waals surface area contributed by atoms with Gasteiger partial charge < -0.3 is 11.1 Å². The molecule has 0 heterocycles. The van der Waals surface area contributed by atoms with Crippen LogP contribution in [0, 0.1) is 0 Å². The van der Waals surface area contributed by atoms with Crippen molar-refractivity contribution >= 4 is 5.91 Å². The maximum atomic E-state index is 10.3. The summed E-state index contributed by atoms with van der Waals surface area (Å²) < 4.78 is 0. The zero-order chi connectivity index (χ0) is 6.41. The monoisotopic (exact) mass is 112 g/mol. The minimum atomic E-state index is -0.262. The molecule has 3 N–H and O–H groups in total. The molecule has 0 aromatic rings. The molecule has 0 rings (SSSR count). The normalized spacial score (nSPS) is 9.00. The number of amides is 1. The van der Waals surface area contributed by atoms with Crippen molar-refractivity contribution in [3.63, 3.8) is 0 Å². The summed E-state index contributed by atoms with van der Waals surface area (Å²) in [6.45, 7) is 3.28. The van der Waals surface area contributed by atoms with Crippen LogP contribution < -0.4 is 11.1 Å². The average molecular weight is 112 g/mol. The predicted octanol–water partition coefficient (Wildman–Crippen LogP) is -0.281. The molecule has 3 heteroatoms. The molecule has 0 saturated carbocycles. The highest BCUT2D eigenvalue weighted by molar-refractivity contribution is 5.87. The third kappa shape index (κ3) is 2.96. The molecule has 0 aliphatic carbocycles. The highest BCUT2D eigenvalue weighted by Crippen LogP contribution is 1.64. The van der Waals surface area contributed by atoms with E-state index in [1.54, 1.807) is 0 Å². The summed E-state index contributed by atoms with van der Waals surface area (Å²) >= 11 is 0. The number of hydrogen-bond acceptors (Lipinski definition) is 2. The summed E-state index contributed by atoms with van der Waals surface area (Å²) in [6, 6.07) is 0. The van der Waals surface area contributed by atoms with E-state index in [1.807, 2.05) is 0 Å². The number of nitrogens with one attached hydrogen (secondary N) is 1. The van der Waals surface area contributed by atoms with E-state index in [1.165, 1.54) is 18.5 Å².